The molecular formula is C16H21N3OS2. The van der Waals surface area contributed by atoms with Crippen molar-refractivity contribution in [2.45, 2.75) is 19.4 Å². The van der Waals surface area contributed by atoms with Gasteiger partial charge in [0.15, 0.2) is 0 Å². The number of nitrogens with zero attached hydrogens (tertiary/aromatic N) is 1. The Labute approximate surface area is 139 Å². The van der Waals surface area contributed by atoms with Crippen molar-refractivity contribution < 1.29 is 4.79 Å². The van der Waals surface area contributed by atoms with Crippen molar-refractivity contribution in [1.29, 1.82) is 0 Å². The molecule has 3 rings (SSSR count). The van der Waals surface area contributed by atoms with Crippen LogP contribution < -0.4 is 10.6 Å². The summed E-state index contributed by atoms with van der Waals surface area (Å²) in [5.74, 6) is 0.591. The zero-order valence-electron chi connectivity index (χ0n) is 12.5. The Hall–Kier alpha value is -1.37. The van der Waals surface area contributed by atoms with E-state index in [4.69, 9.17) is 0 Å². The molecule has 0 radical (unpaired) electrons. The Bertz CT molecular complexity index is 560. The number of thiophene rings is 2. The SMILES string of the molecule is O=C(NCC1CCN(Cc2cccs2)CC1)Nc1cccs1. The van der Waals surface area contributed by atoms with E-state index in [9.17, 15) is 4.79 Å². The quantitative estimate of drug-likeness (QED) is 0.872. The lowest BCUT2D eigenvalue weighted by molar-refractivity contribution is 0.177. The lowest BCUT2D eigenvalue weighted by Crippen LogP contribution is -2.39. The van der Waals surface area contributed by atoms with Gasteiger partial charge in [-0.05, 0) is 60.8 Å². The molecule has 0 bridgehead atoms. The highest BCUT2D eigenvalue weighted by molar-refractivity contribution is 7.14. The summed E-state index contributed by atoms with van der Waals surface area (Å²) in [5.41, 5.74) is 0. The number of hydrogen-bond donors (Lipinski definition) is 2. The van der Waals surface area contributed by atoms with Gasteiger partial charge in [-0.1, -0.05) is 6.07 Å². The van der Waals surface area contributed by atoms with Gasteiger partial charge in [0, 0.05) is 18.0 Å². The van der Waals surface area contributed by atoms with Crippen LogP contribution in [-0.4, -0.2) is 30.6 Å². The highest BCUT2D eigenvalue weighted by Crippen LogP contribution is 2.20. The molecule has 2 aromatic rings. The lowest BCUT2D eigenvalue weighted by atomic mass is 9.97. The third-order valence-electron chi connectivity index (χ3n) is 3.98. The van der Waals surface area contributed by atoms with Crippen molar-refractivity contribution in [1.82, 2.24) is 10.2 Å². The Balaban J connectivity index is 1.34. The van der Waals surface area contributed by atoms with E-state index in [1.165, 1.54) is 16.2 Å². The largest absolute Gasteiger partial charge is 0.338 e. The highest BCUT2D eigenvalue weighted by atomic mass is 32.1. The van der Waals surface area contributed by atoms with Crippen LogP contribution in [0.15, 0.2) is 35.0 Å². The van der Waals surface area contributed by atoms with E-state index >= 15 is 0 Å². The Morgan fingerprint density at radius 1 is 1.18 bits per heavy atom. The minimum atomic E-state index is -0.0940. The fraction of sp³-hybridized carbons (Fsp3) is 0.438. The number of rotatable bonds is 5. The second kappa shape index (κ2) is 7.76. The van der Waals surface area contributed by atoms with E-state index < -0.39 is 0 Å². The normalized spacial score (nSPS) is 16.5. The molecule has 0 spiro atoms. The maximum absolute atomic E-state index is 11.8. The molecule has 3 heterocycles. The first-order valence-corrected chi connectivity index (χ1v) is 9.38. The van der Waals surface area contributed by atoms with Gasteiger partial charge in [0.2, 0.25) is 0 Å². The Kier molecular flexibility index (Phi) is 5.48. The van der Waals surface area contributed by atoms with Gasteiger partial charge in [0.1, 0.15) is 0 Å². The smallest absolute Gasteiger partial charge is 0.319 e. The molecule has 0 aliphatic carbocycles. The van der Waals surface area contributed by atoms with E-state index in [-0.39, 0.29) is 6.03 Å². The molecule has 0 atom stereocenters. The molecule has 2 N–H and O–H groups in total. The summed E-state index contributed by atoms with van der Waals surface area (Å²) in [7, 11) is 0. The minimum absolute atomic E-state index is 0.0940. The van der Waals surface area contributed by atoms with E-state index in [1.807, 2.05) is 28.8 Å². The second-order valence-corrected chi connectivity index (χ2v) is 7.59. The van der Waals surface area contributed by atoms with Crippen LogP contribution in [0.5, 0.6) is 0 Å². The number of likely N-dealkylation sites (tertiary alicyclic amines) is 1. The predicted octanol–water partition coefficient (Wildman–Crippen LogP) is 3.84. The van der Waals surface area contributed by atoms with Gasteiger partial charge in [-0.2, -0.15) is 0 Å². The van der Waals surface area contributed by atoms with Crippen molar-refractivity contribution in [3.05, 3.63) is 39.9 Å². The van der Waals surface area contributed by atoms with Gasteiger partial charge in [0.25, 0.3) is 0 Å². The number of carbonyl (C=O) groups excluding carboxylic acids is 1. The third-order valence-corrected chi connectivity index (χ3v) is 5.62. The summed E-state index contributed by atoms with van der Waals surface area (Å²) < 4.78 is 0. The van der Waals surface area contributed by atoms with Gasteiger partial charge in [-0.3, -0.25) is 10.2 Å². The minimum Gasteiger partial charge on any atom is -0.338 e. The second-order valence-electron chi connectivity index (χ2n) is 5.61. The summed E-state index contributed by atoms with van der Waals surface area (Å²) in [5, 5.41) is 10.8. The molecule has 1 aliphatic rings. The molecule has 6 heteroatoms. The Morgan fingerprint density at radius 2 is 1.95 bits per heavy atom. The number of anilines is 1. The first-order valence-electron chi connectivity index (χ1n) is 7.62. The molecule has 1 fully saturated rings. The first-order chi connectivity index (χ1) is 10.8. The van der Waals surface area contributed by atoms with Gasteiger partial charge in [-0.25, -0.2) is 4.79 Å². The van der Waals surface area contributed by atoms with E-state index in [0.717, 1.165) is 44.0 Å². The van der Waals surface area contributed by atoms with Crippen LogP contribution in [0.25, 0.3) is 0 Å². The molecule has 1 aliphatic heterocycles. The average Bonchev–Trinajstić information content (AvgIpc) is 3.20. The zero-order chi connectivity index (χ0) is 15.2. The summed E-state index contributed by atoms with van der Waals surface area (Å²) in [6.07, 6.45) is 2.31. The molecule has 1 saturated heterocycles. The maximum Gasteiger partial charge on any atom is 0.319 e. The molecule has 118 valence electrons. The number of carbonyl (C=O) groups is 1. The van der Waals surface area contributed by atoms with Gasteiger partial charge in [0.05, 0.1) is 5.00 Å². The Morgan fingerprint density at radius 3 is 2.64 bits per heavy atom. The number of nitrogens with one attached hydrogen (secondary N) is 2. The predicted molar refractivity (Wildman–Crippen MR) is 93.7 cm³/mol. The highest BCUT2D eigenvalue weighted by Gasteiger charge is 2.20. The summed E-state index contributed by atoms with van der Waals surface area (Å²) in [4.78, 5) is 15.7. The molecule has 2 aromatic heterocycles. The van der Waals surface area contributed by atoms with Crippen LogP contribution in [0, 0.1) is 5.92 Å². The van der Waals surface area contributed by atoms with E-state index in [0.29, 0.717) is 5.92 Å². The number of hydrogen-bond acceptors (Lipinski definition) is 4. The van der Waals surface area contributed by atoms with Crippen molar-refractivity contribution in [2.75, 3.05) is 25.0 Å². The van der Waals surface area contributed by atoms with Crippen molar-refractivity contribution in [3.8, 4) is 0 Å². The van der Waals surface area contributed by atoms with Crippen LogP contribution in [0.3, 0.4) is 0 Å². The fourth-order valence-corrected chi connectivity index (χ4v) is 4.07. The summed E-state index contributed by atoms with van der Waals surface area (Å²) in [6, 6.07) is 8.07. The van der Waals surface area contributed by atoms with Crippen molar-refractivity contribution in [2.24, 2.45) is 5.92 Å². The van der Waals surface area contributed by atoms with Gasteiger partial charge in [-0.15, -0.1) is 22.7 Å². The molecule has 4 nitrogen and oxygen atoms in total. The average molecular weight is 335 g/mol. The number of piperidine rings is 1. The molecular weight excluding hydrogens is 314 g/mol. The molecule has 0 unspecified atom stereocenters. The van der Waals surface area contributed by atoms with Crippen LogP contribution in [-0.2, 0) is 6.54 Å². The van der Waals surface area contributed by atoms with Gasteiger partial charge >= 0.3 is 6.03 Å². The number of urea groups is 1. The summed E-state index contributed by atoms with van der Waals surface area (Å²) in [6.45, 7) is 4.08. The lowest BCUT2D eigenvalue weighted by Gasteiger charge is -2.31. The fourth-order valence-electron chi connectivity index (χ4n) is 2.71. The third kappa shape index (κ3) is 4.56. The topological polar surface area (TPSA) is 44.4 Å². The van der Waals surface area contributed by atoms with Crippen LogP contribution in [0.2, 0.25) is 0 Å². The molecule has 2 amide bonds. The maximum atomic E-state index is 11.8. The first kappa shape index (κ1) is 15.5. The van der Waals surface area contributed by atoms with E-state index in [1.54, 1.807) is 0 Å². The van der Waals surface area contributed by atoms with Crippen LogP contribution in [0.1, 0.15) is 17.7 Å². The number of amides is 2. The van der Waals surface area contributed by atoms with Gasteiger partial charge < -0.3 is 5.32 Å². The van der Waals surface area contributed by atoms with Crippen LogP contribution in [0.4, 0.5) is 9.80 Å². The standard InChI is InChI=1S/C16H21N3OS2/c20-16(18-15-4-2-10-22-15)17-11-13-5-7-19(8-6-13)12-14-3-1-9-21-14/h1-4,9-10,13H,5-8,11-12H2,(H2,17,18,20). The monoisotopic (exact) mass is 335 g/mol. The van der Waals surface area contributed by atoms with Crippen LogP contribution >= 0.6 is 22.7 Å². The summed E-state index contributed by atoms with van der Waals surface area (Å²) >= 11 is 3.36. The van der Waals surface area contributed by atoms with Crippen molar-refractivity contribution in [3.63, 3.8) is 0 Å². The zero-order valence-corrected chi connectivity index (χ0v) is 14.1. The molecule has 22 heavy (non-hydrogen) atoms. The van der Waals surface area contributed by atoms with Crippen molar-refractivity contribution >= 4 is 33.7 Å². The molecule has 0 saturated carbocycles. The molecule has 0 aromatic carbocycles. The van der Waals surface area contributed by atoms with E-state index in [2.05, 4.69) is 33.0 Å².